The smallest absolute Gasteiger partial charge is 0.212 e. The number of para-hydroxylation sites is 2. The molecule has 2 heterocycles. The highest BCUT2D eigenvalue weighted by atomic mass is 16.3. The maximum Gasteiger partial charge on any atom is 0.212 e. The highest BCUT2D eigenvalue weighted by Crippen LogP contribution is 2.51. The normalized spacial score (nSPS) is 16.1. The Bertz CT molecular complexity index is 1250. The Morgan fingerprint density at radius 2 is 1.78 bits per heavy atom. The molecule has 0 spiro atoms. The number of furan rings is 1. The zero-order valence-corrected chi connectivity index (χ0v) is 15.5. The zero-order chi connectivity index (χ0) is 18.7. The first kappa shape index (κ1) is 15.8. The molecule has 0 fully saturated rings. The lowest BCUT2D eigenvalue weighted by atomic mass is 10.1. The van der Waals surface area contributed by atoms with Crippen molar-refractivity contribution >= 4 is 44.7 Å². The summed E-state index contributed by atoms with van der Waals surface area (Å²) in [6.45, 7) is 11.9. The van der Waals surface area contributed by atoms with Crippen LogP contribution >= 0.6 is 0 Å². The van der Waals surface area contributed by atoms with Gasteiger partial charge in [0.05, 0.1) is 23.6 Å². The van der Waals surface area contributed by atoms with Crippen LogP contribution < -0.4 is 9.80 Å². The van der Waals surface area contributed by atoms with Crippen LogP contribution in [0, 0.1) is 13.5 Å². The molecule has 5 rings (SSSR count). The van der Waals surface area contributed by atoms with Gasteiger partial charge in [-0.3, -0.25) is 0 Å². The summed E-state index contributed by atoms with van der Waals surface area (Å²) in [6.07, 6.45) is 0.0837. The molecule has 3 aromatic carbocycles. The van der Waals surface area contributed by atoms with Crippen LogP contribution in [0.3, 0.4) is 0 Å². The van der Waals surface area contributed by atoms with Crippen molar-refractivity contribution in [3.63, 3.8) is 0 Å². The third-order valence-electron chi connectivity index (χ3n) is 5.63. The summed E-state index contributed by atoms with van der Waals surface area (Å²) >= 11 is 0. The highest BCUT2D eigenvalue weighted by Gasteiger charge is 2.35. The molecular formula is C23H19N3O. The summed E-state index contributed by atoms with van der Waals surface area (Å²) in [5.41, 5.74) is 6.63. The van der Waals surface area contributed by atoms with E-state index in [0.717, 1.165) is 44.6 Å². The van der Waals surface area contributed by atoms with Crippen LogP contribution in [0.1, 0.15) is 12.5 Å². The summed E-state index contributed by atoms with van der Waals surface area (Å²) < 4.78 is 6.31. The molecule has 0 amide bonds. The molecule has 0 saturated carbocycles. The van der Waals surface area contributed by atoms with E-state index in [0.29, 0.717) is 5.69 Å². The Balaban J connectivity index is 1.88. The van der Waals surface area contributed by atoms with Gasteiger partial charge in [-0.05, 0) is 31.5 Å². The lowest BCUT2D eigenvalue weighted by Gasteiger charge is -2.29. The van der Waals surface area contributed by atoms with Crippen LogP contribution in [-0.4, -0.2) is 13.2 Å². The number of hydrogen-bond donors (Lipinski definition) is 0. The van der Waals surface area contributed by atoms with Crippen LogP contribution in [0.5, 0.6) is 0 Å². The number of nitrogens with zero attached hydrogens (tertiary/aromatic N) is 3. The number of anilines is 3. The number of fused-ring (bicyclic) bond motifs is 4. The molecule has 0 saturated heterocycles. The van der Waals surface area contributed by atoms with Gasteiger partial charge in [-0.25, -0.2) is 4.85 Å². The average molecular weight is 353 g/mol. The average Bonchev–Trinajstić information content (AvgIpc) is 3.18. The van der Waals surface area contributed by atoms with E-state index in [1.165, 1.54) is 0 Å². The van der Waals surface area contributed by atoms with Gasteiger partial charge >= 0.3 is 0 Å². The van der Waals surface area contributed by atoms with Crippen LogP contribution in [0.2, 0.25) is 0 Å². The first-order valence-electron chi connectivity index (χ1n) is 9.05. The van der Waals surface area contributed by atoms with Gasteiger partial charge in [0.25, 0.3) is 0 Å². The highest BCUT2D eigenvalue weighted by molar-refractivity contribution is 6.11. The second-order valence-corrected chi connectivity index (χ2v) is 7.08. The third kappa shape index (κ3) is 2.03. The van der Waals surface area contributed by atoms with Gasteiger partial charge in [0, 0.05) is 17.8 Å². The van der Waals surface area contributed by atoms with E-state index in [4.69, 9.17) is 11.0 Å². The molecule has 0 N–H and O–H groups in total. The molecule has 1 aromatic heterocycles. The van der Waals surface area contributed by atoms with Crippen LogP contribution in [0.4, 0.5) is 22.7 Å². The molecule has 132 valence electrons. The Kier molecular flexibility index (Phi) is 3.23. The van der Waals surface area contributed by atoms with E-state index in [2.05, 4.69) is 59.8 Å². The molecule has 27 heavy (non-hydrogen) atoms. The van der Waals surface area contributed by atoms with E-state index < -0.39 is 0 Å². The van der Waals surface area contributed by atoms with Crippen molar-refractivity contribution in [1.82, 2.24) is 0 Å². The molecule has 0 unspecified atom stereocenters. The minimum absolute atomic E-state index is 0.0837. The number of rotatable bonds is 1. The van der Waals surface area contributed by atoms with Gasteiger partial charge in [-0.15, -0.1) is 0 Å². The maximum atomic E-state index is 7.66. The minimum Gasteiger partial charge on any atom is -0.454 e. The number of hydrogen-bond acceptors (Lipinski definition) is 3. The van der Waals surface area contributed by atoms with E-state index in [1.807, 2.05) is 30.3 Å². The van der Waals surface area contributed by atoms with Crippen molar-refractivity contribution in [2.24, 2.45) is 0 Å². The van der Waals surface area contributed by atoms with Gasteiger partial charge in [0.15, 0.2) is 5.58 Å². The van der Waals surface area contributed by atoms with E-state index in [9.17, 15) is 0 Å². The molecule has 1 atom stereocenters. The zero-order valence-electron chi connectivity index (χ0n) is 15.5. The van der Waals surface area contributed by atoms with Crippen LogP contribution in [0.25, 0.3) is 26.8 Å². The van der Waals surface area contributed by atoms with Gasteiger partial charge < -0.3 is 14.2 Å². The number of benzene rings is 3. The van der Waals surface area contributed by atoms with Crippen molar-refractivity contribution < 1.29 is 4.42 Å². The second kappa shape index (κ2) is 5.52. The van der Waals surface area contributed by atoms with Crippen molar-refractivity contribution in [3.05, 3.63) is 71.6 Å². The van der Waals surface area contributed by atoms with Gasteiger partial charge in [-0.2, -0.15) is 0 Å². The van der Waals surface area contributed by atoms with E-state index in [1.54, 1.807) is 0 Å². The monoisotopic (exact) mass is 353 g/mol. The van der Waals surface area contributed by atoms with Gasteiger partial charge in [-0.1, -0.05) is 42.5 Å². The van der Waals surface area contributed by atoms with Crippen LogP contribution in [-0.2, 0) is 0 Å². The van der Waals surface area contributed by atoms with Crippen molar-refractivity contribution in [3.8, 4) is 0 Å². The predicted molar refractivity (Wildman–Crippen MR) is 111 cm³/mol. The summed E-state index contributed by atoms with van der Waals surface area (Å²) in [7, 11) is 2.07. The minimum atomic E-state index is 0.0837. The molecule has 0 radical (unpaired) electrons. The van der Waals surface area contributed by atoms with Crippen molar-refractivity contribution in [2.45, 2.75) is 20.0 Å². The second-order valence-electron chi connectivity index (χ2n) is 7.08. The predicted octanol–water partition coefficient (Wildman–Crippen LogP) is 6.38. The molecule has 0 aliphatic carbocycles. The first-order chi connectivity index (χ1) is 13.1. The quantitative estimate of drug-likeness (QED) is 0.371. The molecule has 4 aromatic rings. The molecular weight excluding hydrogens is 334 g/mol. The fourth-order valence-electron chi connectivity index (χ4n) is 4.17. The molecule has 4 nitrogen and oxygen atoms in total. The third-order valence-corrected chi connectivity index (χ3v) is 5.63. The van der Waals surface area contributed by atoms with Gasteiger partial charge in [0.2, 0.25) is 5.69 Å². The fourth-order valence-corrected chi connectivity index (χ4v) is 4.17. The summed E-state index contributed by atoms with van der Waals surface area (Å²) in [4.78, 5) is 8.26. The Hall–Kier alpha value is -3.45. The summed E-state index contributed by atoms with van der Waals surface area (Å²) in [6, 6.07) is 18.3. The largest absolute Gasteiger partial charge is 0.454 e. The Morgan fingerprint density at radius 1 is 0.963 bits per heavy atom. The lowest BCUT2D eigenvalue weighted by molar-refractivity contribution is 0.661. The molecule has 1 aliphatic heterocycles. The SMILES string of the molecule is [C-]#[N+]c1cccc2c1N(c1c(C)ccc3c1oc1ccccc13)[C@@H](C)N2C. The van der Waals surface area contributed by atoms with Crippen molar-refractivity contribution in [2.75, 3.05) is 16.8 Å². The number of aryl methyl sites for hydroxylation is 1. The van der Waals surface area contributed by atoms with Crippen LogP contribution in [0.15, 0.2) is 59.0 Å². The van der Waals surface area contributed by atoms with Gasteiger partial charge in [0.1, 0.15) is 11.7 Å². The summed E-state index contributed by atoms with van der Waals surface area (Å²) in [5.74, 6) is 0. The first-order valence-corrected chi connectivity index (χ1v) is 9.05. The topological polar surface area (TPSA) is 24.0 Å². The molecule has 1 aliphatic rings. The maximum absolute atomic E-state index is 7.66. The fraction of sp³-hybridized carbons (Fsp3) is 0.174. The van der Waals surface area contributed by atoms with E-state index in [-0.39, 0.29) is 6.17 Å². The molecule has 4 heteroatoms. The Labute approximate surface area is 158 Å². The van der Waals surface area contributed by atoms with E-state index >= 15 is 0 Å². The standard InChI is InChI=1S/C23H19N3O/c1-14-12-13-17-16-8-5-6-11-20(16)27-23(17)21(14)26-15(2)25(4)19-10-7-9-18(24-3)22(19)26/h5-13,15H,1-2,4H3/t15-/m0/s1. The molecule has 0 bridgehead atoms. The summed E-state index contributed by atoms with van der Waals surface area (Å²) in [5, 5.41) is 2.22. The van der Waals surface area contributed by atoms with Crippen molar-refractivity contribution in [1.29, 1.82) is 0 Å². The lowest BCUT2D eigenvalue weighted by Crippen LogP contribution is -2.36. The Morgan fingerprint density at radius 3 is 2.59 bits per heavy atom.